The van der Waals surface area contributed by atoms with Gasteiger partial charge in [-0.3, -0.25) is 0 Å². The fourth-order valence-corrected chi connectivity index (χ4v) is 2.04. The second-order valence-electron chi connectivity index (χ2n) is 5.22. The Kier molecular flexibility index (Phi) is 4.45. The lowest BCUT2D eigenvalue weighted by atomic mass is 10.2. The summed E-state index contributed by atoms with van der Waals surface area (Å²) in [5.41, 5.74) is 1.93. The van der Waals surface area contributed by atoms with E-state index < -0.39 is 11.6 Å². The third-order valence-corrected chi connectivity index (χ3v) is 3.45. The maximum absolute atomic E-state index is 13.9. The average molecular weight is 331 g/mol. The van der Waals surface area contributed by atoms with E-state index in [0.717, 1.165) is 18.1 Å². The summed E-state index contributed by atoms with van der Waals surface area (Å²) in [6.07, 6.45) is 5.74. The second-order valence-corrected chi connectivity index (χ2v) is 5.22. The van der Waals surface area contributed by atoms with Crippen LogP contribution in [-0.4, -0.2) is 25.0 Å². The van der Waals surface area contributed by atoms with Gasteiger partial charge in [0.05, 0.1) is 6.20 Å². The highest BCUT2D eigenvalue weighted by Crippen LogP contribution is 2.17. The van der Waals surface area contributed by atoms with Gasteiger partial charge in [-0.1, -0.05) is 12.1 Å². The van der Waals surface area contributed by atoms with E-state index >= 15 is 0 Å². The Hall–Kier alpha value is -2.90. The first-order chi connectivity index (χ1) is 11.6. The molecule has 0 atom stereocenters. The van der Waals surface area contributed by atoms with Crippen LogP contribution in [0.1, 0.15) is 23.7 Å². The second kappa shape index (κ2) is 6.69. The first-order valence-electron chi connectivity index (χ1n) is 7.37. The molecule has 3 rings (SSSR count). The van der Waals surface area contributed by atoms with Crippen LogP contribution in [0.15, 0.2) is 30.7 Å². The molecule has 0 N–H and O–H groups in total. The monoisotopic (exact) mass is 331 g/mol. The maximum Gasteiger partial charge on any atom is 0.316 e. The minimum atomic E-state index is -0.714. The van der Waals surface area contributed by atoms with E-state index in [2.05, 4.69) is 20.3 Å². The molecule has 6 nitrogen and oxygen atoms in total. The van der Waals surface area contributed by atoms with Crippen LogP contribution >= 0.6 is 0 Å². The van der Waals surface area contributed by atoms with Crippen LogP contribution in [0, 0.1) is 18.6 Å². The Balaban J connectivity index is 1.72. The Morgan fingerprint density at radius 1 is 1.12 bits per heavy atom. The highest BCUT2D eigenvalue weighted by Gasteiger charge is 2.12. The largest absolute Gasteiger partial charge is 0.457 e. The number of ether oxygens (including phenoxy) is 1. The summed E-state index contributed by atoms with van der Waals surface area (Å²) in [5.74, 6) is -1.32. The summed E-state index contributed by atoms with van der Waals surface area (Å²) >= 11 is 0. The molecule has 0 radical (unpaired) electrons. The van der Waals surface area contributed by atoms with Crippen molar-refractivity contribution in [1.29, 1.82) is 0 Å². The Morgan fingerprint density at radius 2 is 1.88 bits per heavy atom. The quantitative estimate of drug-likeness (QED) is 0.719. The van der Waals surface area contributed by atoms with Crippen LogP contribution in [0.5, 0.6) is 6.01 Å². The van der Waals surface area contributed by atoms with Crippen molar-refractivity contribution in [2.24, 2.45) is 0 Å². The van der Waals surface area contributed by atoms with Gasteiger partial charge in [0.2, 0.25) is 0 Å². The summed E-state index contributed by atoms with van der Waals surface area (Å²) in [7, 11) is 0. The molecule has 2 aromatic heterocycles. The number of aromatic nitrogens is 5. The SMILES string of the molecule is CCc1cnc(OCc2cn(-c3cc(C)c(F)cc3F)nn2)nc1. The van der Waals surface area contributed by atoms with Crippen molar-refractivity contribution in [3.05, 3.63) is 59.2 Å². The van der Waals surface area contributed by atoms with Crippen LogP contribution in [0.2, 0.25) is 0 Å². The Bertz CT molecular complexity index is 848. The fourth-order valence-electron chi connectivity index (χ4n) is 2.04. The molecule has 0 bridgehead atoms. The molecule has 0 unspecified atom stereocenters. The highest BCUT2D eigenvalue weighted by atomic mass is 19.1. The van der Waals surface area contributed by atoms with Crippen LogP contribution in [0.25, 0.3) is 5.69 Å². The van der Waals surface area contributed by atoms with Gasteiger partial charge in [0.1, 0.15) is 23.8 Å². The number of rotatable bonds is 5. The van der Waals surface area contributed by atoms with Crippen molar-refractivity contribution in [3.8, 4) is 11.7 Å². The van der Waals surface area contributed by atoms with Crippen LogP contribution < -0.4 is 4.74 Å². The minimum absolute atomic E-state index is 0.0905. The normalized spacial score (nSPS) is 10.8. The van der Waals surface area contributed by atoms with Crippen LogP contribution in [0.3, 0.4) is 0 Å². The van der Waals surface area contributed by atoms with Crippen LogP contribution in [0.4, 0.5) is 8.78 Å². The molecule has 0 aliphatic rings. The third-order valence-electron chi connectivity index (χ3n) is 3.45. The summed E-state index contributed by atoms with van der Waals surface area (Å²) < 4.78 is 33.9. The number of benzene rings is 1. The summed E-state index contributed by atoms with van der Waals surface area (Å²) in [5, 5.41) is 7.75. The summed E-state index contributed by atoms with van der Waals surface area (Å²) in [6, 6.07) is 2.42. The van der Waals surface area contributed by atoms with Gasteiger partial charge in [-0.2, -0.15) is 0 Å². The molecule has 0 amide bonds. The van der Waals surface area contributed by atoms with Gasteiger partial charge < -0.3 is 4.74 Å². The predicted molar refractivity (Wildman–Crippen MR) is 81.8 cm³/mol. The topological polar surface area (TPSA) is 65.7 Å². The summed E-state index contributed by atoms with van der Waals surface area (Å²) in [4.78, 5) is 8.15. The van der Waals surface area contributed by atoms with Crippen molar-refractivity contribution in [2.75, 3.05) is 0 Å². The number of nitrogens with zero attached hydrogens (tertiary/aromatic N) is 5. The molecule has 124 valence electrons. The molecule has 0 fully saturated rings. The molecule has 3 aromatic rings. The lowest BCUT2D eigenvalue weighted by Gasteiger charge is -2.04. The van der Waals surface area contributed by atoms with Gasteiger partial charge in [-0.15, -0.1) is 5.10 Å². The van der Waals surface area contributed by atoms with Gasteiger partial charge in [0, 0.05) is 18.5 Å². The lowest BCUT2D eigenvalue weighted by Crippen LogP contribution is -2.01. The standard InChI is InChI=1S/C16H15F2N5O/c1-3-11-6-19-16(20-7-11)24-9-12-8-23(22-21-12)15-4-10(2)13(17)5-14(15)18/h4-8H,3,9H2,1-2H3. The molecule has 0 aliphatic heterocycles. The number of halogens is 2. The maximum atomic E-state index is 13.9. The first kappa shape index (κ1) is 16.0. The van der Waals surface area contributed by atoms with Gasteiger partial charge in [-0.25, -0.2) is 23.4 Å². The molecule has 0 spiro atoms. The molecule has 0 saturated heterocycles. The zero-order valence-electron chi connectivity index (χ0n) is 13.2. The molecule has 24 heavy (non-hydrogen) atoms. The predicted octanol–water partition coefficient (Wildman–Crippen LogP) is 2.79. The van der Waals surface area contributed by atoms with Crippen molar-refractivity contribution in [2.45, 2.75) is 26.9 Å². The van der Waals surface area contributed by atoms with E-state index in [-0.39, 0.29) is 18.3 Å². The molecular formula is C16H15F2N5O. The molecule has 1 aromatic carbocycles. The zero-order chi connectivity index (χ0) is 17.1. The molecular weight excluding hydrogens is 316 g/mol. The highest BCUT2D eigenvalue weighted by molar-refractivity contribution is 5.37. The Labute approximate surface area is 137 Å². The average Bonchev–Trinajstić information content (AvgIpc) is 3.05. The fraction of sp³-hybridized carbons (Fsp3) is 0.250. The molecule has 8 heteroatoms. The van der Waals surface area contributed by atoms with Gasteiger partial charge in [0.15, 0.2) is 5.82 Å². The van der Waals surface area contributed by atoms with E-state index in [1.807, 2.05) is 6.92 Å². The number of aryl methyl sites for hydroxylation is 2. The van der Waals surface area contributed by atoms with Gasteiger partial charge >= 0.3 is 6.01 Å². The van der Waals surface area contributed by atoms with E-state index in [1.54, 1.807) is 19.3 Å². The summed E-state index contributed by atoms with van der Waals surface area (Å²) in [6.45, 7) is 3.65. The molecule has 2 heterocycles. The van der Waals surface area contributed by atoms with Crippen LogP contribution in [-0.2, 0) is 13.0 Å². The third kappa shape index (κ3) is 3.37. The lowest BCUT2D eigenvalue weighted by molar-refractivity contribution is 0.276. The smallest absolute Gasteiger partial charge is 0.316 e. The van der Waals surface area contributed by atoms with E-state index in [9.17, 15) is 8.78 Å². The molecule has 0 aliphatic carbocycles. The zero-order valence-corrected chi connectivity index (χ0v) is 13.2. The number of hydrogen-bond donors (Lipinski definition) is 0. The van der Waals surface area contributed by atoms with Crippen molar-refractivity contribution < 1.29 is 13.5 Å². The molecule has 0 saturated carbocycles. The van der Waals surface area contributed by atoms with E-state index in [0.29, 0.717) is 11.3 Å². The van der Waals surface area contributed by atoms with Gasteiger partial charge in [-0.05, 0) is 30.5 Å². The van der Waals surface area contributed by atoms with E-state index in [4.69, 9.17) is 4.74 Å². The van der Waals surface area contributed by atoms with Gasteiger partial charge in [0.25, 0.3) is 0 Å². The van der Waals surface area contributed by atoms with Crippen molar-refractivity contribution in [1.82, 2.24) is 25.0 Å². The van der Waals surface area contributed by atoms with Crippen molar-refractivity contribution >= 4 is 0 Å². The number of hydrogen-bond acceptors (Lipinski definition) is 5. The minimum Gasteiger partial charge on any atom is -0.457 e. The van der Waals surface area contributed by atoms with E-state index in [1.165, 1.54) is 16.9 Å². The first-order valence-corrected chi connectivity index (χ1v) is 7.37. The Morgan fingerprint density at radius 3 is 2.58 bits per heavy atom. The van der Waals surface area contributed by atoms with Crippen molar-refractivity contribution in [3.63, 3.8) is 0 Å².